The zero-order valence-electron chi connectivity index (χ0n) is 12.5. The molecule has 2 rings (SSSR count). The van der Waals surface area contributed by atoms with Gasteiger partial charge in [-0.15, -0.1) is 0 Å². The Hall–Kier alpha value is -1.39. The maximum absolute atomic E-state index is 12.4. The number of aryl methyl sites for hydroxylation is 2. The first kappa shape index (κ1) is 15.0. The molecule has 1 aromatic carbocycles. The first-order valence-corrected chi connectivity index (χ1v) is 7.30. The van der Waals surface area contributed by atoms with Gasteiger partial charge in [-0.25, -0.2) is 0 Å². The average molecular weight is 276 g/mol. The molecule has 4 heteroatoms. The van der Waals surface area contributed by atoms with Gasteiger partial charge in [-0.2, -0.15) is 0 Å². The average Bonchev–Trinajstić information content (AvgIpc) is 2.83. The minimum Gasteiger partial charge on any atom is -0.379 e. The Labute approximate surface area is 120 Å². The summed E-state index contributed by atoms with van der Waals surface area (Å²) in [5, 5.41) is 6.40. The number of anilines is 1. The summed E-state index contributed by atoms with van der Waals surface area (Å²) in [5.74, 6) is -0.0662. The van der Waals surface area contributed by atoms with Crippen molar-refractivity contribution in [2.45, 2.75) is 33.2 Å². The molecule has 2 atom stereocenters. The molecule has 0 spiro atoms. The summed E-state index contributed by atoms with van der Waals surface area (Å²) in [6.45, 7) is 8.22. The molecular weight excluding hydrogens is 252 g/mol. The van der Waals surface area contributed by atoms with E-state index >= 15 is 0 Å². The van der Waals surface area contributed by atoms with Gasteiger partial charge >= 0.3 is 0 Å². The molecule has 2 unspecified atom stereocenters. The lowest BCUT2D eigenvalue weighted by atomic mass is 10.0. The molecule has 0 saturated carbocycles. The third-order valence-electron chi connectivity index (χ3n) is 3.56. The molecule has 0 radical (unpaired) electrons. The fourth-order valence-corrected chi connectivity index (χ4v) is 2.63. The van der Waals surface area contributed by atoms with Crippen molar-refractivity contribution in [1.82, 2.24) is 5.32 Å². The zero-order chi connectivity index (χ0) is 14.5. The van der Waals surface area contributed by atoms with Crippen molar-refractivity contribution in [2.75, 3.05) is 25.1 Å². The van der Waals surface area contributed by atoms with Crippen LogP contribution in [0.15, 0.2) is 18.2 Å². The van der Waals surface area contributed by atoms with Crippen molar-refractivity contribution in [3.8, 4) is 0 Å². The highest BCUT2D eigenvalue weighted by Crippen LogP contribution is 2.19. The number of rotatable bonds is 5. The molecule has 1 aliphatic rings. The summed E-state index contributed by atoms with van der Waals surface area (Å²) in [6, 6.07) is 6.21. The summed E-state index contributed by atoms with van der Waals surface area (Å²) in [7, 11) is 0. The third kappa shape index (κ3) is 3.81. The standard InChI is InChI=1S/C16H24N2O2/c1-4-5-17-15-10-20-9-14(15)16(19)18-13-7-11(2)6-12(3)8-13/h6-8,14-15,17H,4-5,9-10H2,1-3H3,(H,18,19). The highest BCUT2D eigenvalue weighted by Gasteiger charge is 2.33. The van der Waals surface area contributed by atoms with Crippen LogP contribution < -0.4 is 10.6 Å². The van der Waals surface area contributed by atoms with E-state index in [1.165, 1.54) is 0 Å². The summed E-state index contributed by atoms with van der Waals surface area (Å²) in [5.41, 5.74) is 3.18. The van der Waals surface area contributed by atoms with Crippen LogP contribution in [0.3, 0.4) is 0 Å². The zero-order valence-corrected chi connectivity index (χ0v) is 12.5. The van der Waals surface area contributed by atoms with Crippen LogP contribution in [0.25, 0.3) is 0 Å². The van der Waals surface area contributed by atoms with Gasteiger partial charge in [0.2, 0.25) is 5.91 Å². The molecule has 0 aliphatic carbocycles. The molecular formula is C16H24N2O2. The van der Waals surface area contributed by atoms with E-state index in [2.05, 4.69) is 23.6 Å². The van der Waals surface area contributed by atoms with E-state index in [9.17, 15) is 4.79 Å². The van der Waals surface area contributed by atoms with Gasteiger partial charge in [-0.3, -0.25) is 4.79 Å². The molecule has 1 heterocycles. The largest absolute Gasteiger partial charge is 0.379 e. The van der Waals surface area contributed by atoms with Crippen molar-refractivity contribution in [1.29, 1.82) is 0 Å². The summed E-state index contributed by atoms with van der Waals surface area (Å²) < 4.78 is 5.45. The number of benzene rings is 1. The smallest absolute Gasteiger partial charge is 0.231 e. The van der Waals surface area contributed by atoms with Gasteiger partial charge in [0.15, 0.2) is 0 Å². The molecule has 110 valence electrons. The number of nitrogens with one attached hydrogen (secondary N) is 2. The van der Waals surface area contributed by atoms with Crippen molar-refractivity contribution >= 4 is 11.6 Å². The minimum atomic E-state index is -0.109. The Morgan fingerprint density at radius 1 is 1.25 bits per heavy atom. The van der Waals surface area contributed by atoms with Gasteiger partial charge in [-0.05, 0) is 50.1 Å². The van der Waals surface area contributed by atoms with Crippen LogP contribution in [0, 0.1) is 19.8 Å². The molecule has 4 nitrogen and oxygen atoms in total. The Morgan fingerprint density at radius 2 is 1.95 bits per heavy atom. The lowest BCUT2D eigenvalue weighted by Gasteiger charge is -2.18. The maximum atomic E-state index is 12.4. The maximum Gasteiger partial charge on any atom is 0.231 e. The number of carbonyl (C=O) groups is 1. The second kappa shape index (κ2) is 6.86. The Morgan fingerprint density at radius 3 is 2.60 bits per heavy atom. The van der Waals surface area contributed by atoms with E-state index in [-0.39, 0.29) is 17.9 Å². The van der Waals surface area contributed by atoms with E-state index in [1.54, 1.807) is 0 Å². The molecule has 1 saturated heterocycles. The molecule has 20 heavy (non-hydrogen) atoms. The van der Waals surface area contributed by atoms with Crippen LogP contribution >= 0.6 is 0 Å². The number of ether oxygens (including phenoxy) is 1. The Kier molecular flexibility index (Phi) is 5.15. The van der Waals surface area contributed by atoms with Crippen LogP contribution in [0.4, 0.5) is 5.69 Å². The molecule has 0 aromatic heterocycles. The highest BCUT2D eigenvalue weighted by molar-refractivity contribution is 5.93. The lowest BCUT2D eigenvalue weighted by molar-refractivity contribution is -0.120. The predicted molar refractivity (Wildman–Crippen MR) is 80.9 cm³/mol. The fraction of sp³-hybridized carbons (Fsp3) is 0.562. The van der Waals surface area contributed by atoms with Crippen LogP contribution in [-0.2, 0) is 9.53 Å². The second-order valence-corrected chi connectivity index (χ2v) is 5.57. The summed E-state index contributed by atoms with van der Waals surface area (Å²) in [4.78, 5) is 12.4. The number of hydrogen-bond donors (Lipinski definition) is 2. The number of amides is 1. The van der Waals surface area contributed by atoms with Crippen LogP contribution in [-0.4, -0.2) is 31.7 Å². The second-order valence-electron chi connectivity index (χ2n) is 5.57. The Balaban J connectivity index is 1.99. The van der Waals surface area contributed by atoms with Gasteiger partial charge in [0.1, 0.15) is 0 Å². The Bertz CT molecular complexity index is 453. The van der Waals surface area contributed by atoms with Gasteiger partial charge < -0.3 is 15.4 Å². The van der Waals surface area contributed by atoms with E-state index in [4.69, 9.17) is 4.74 Å². The number of hydrogen-bond acceptors (Lipinski definition) is 3. The van der Waals surface area contributed by atoms with E-state index in [0.717, 1.165) is 29.8 Å². The SMILES string of the molecule is CCCNC1COCC1C(=O)Nc1cc(C)cc(C)c1. The van der Waals surface area contributed by atoms with Crippen LogP contribution in [0.5, 0.6) is 0 Å². The molecule has 1 fully saturated rings. The van der Waals surface area contributed by atoms with Crippen molar-refractivity contribution in [3.05, 3.63) is 29.3 Å². The minimum absolute atomic E-state index is 0.0427. The monoisotopic (exact) mass is 276 g/mol. The van der Waals surface area contributed by atoms with Crippen molar-refractivity contribution < 1.29 is 9.53 Å². The van der Waals surface area contributed by atoms with Gasteiger partial charge in [-0.1, -0.05) is 13.0 Å². The summed E-state index contributed by atoms with van der Waals surface area (Å²) >= 11 is 0. The van der Waals surface area contributed by atoms with Crippen molar-refractivity contribution in [2.24, 2.45) is 5.92 Å². The van der Waals surface area contributed by atoms with Gasteiger partial charge in [0, 0.05) is 11.7 Å². The van der Waals surface area contributed by atoms with Crippen LogP contribution in [0.2, 0.25) is 0 Å². The highest BCUT2D eigenvalue weighted by atomic mass is 16.5. The molecule has 1 amide bonds. The van der Waals surface area contributed by atoms with E-state index < -0.39 is 0 Å². The van der Waals surface area contributed by atoms with E-state index in [1.807, 2.05) is 26.0 Å². The third-order valence-corrected chi connectivity index (χ3v) is 3.56. The van der Waals surface area contributed by atoms with Gasteiger partial charge in [0.25, 0.3) is 0 Å². The topological polar surface area (TPSA) is 50.4 Å². The van der Waals surface area contributed by atoms with Crippen molar-refractivity contribution in [3.63, 3.8) is 0 Å². The van der Waals surface area contributed by atoms with Crippen LogP contribution in [0.1, 0.15) is 24.5 Å². The first-order valence-electron chi connectivity index (χ1n) is 7.30. The molecule has 1 aromatic rings. The molecule has 2 N–H and O–H groups in total. The quantitative estimate of drug-likeness (QED) is 0.867. The first-order chi connectivity index (χ1) is 9.60. The lowest BCUT2D eigenvalue weighted by Crippen LogP contribution is -2.41. The van der Waals surface area contributed by atoms with Gasteiger partial charge in [0.05, 0.1) is 19.1 Å². The molecule has 1 aliphatic heterocycles. The predicted octanol–water partition coefficient (Wildman–Crippen LogP) is 2.26. The fourth-order valence-electron chi connectivity index (χ4n) is 2.63. The molecule has 0 bridgehead atoms. The summed E-state index contributed by atoms with van der Waals surface area (Å²) in [6.07, 6.45) is 1.06. The number of carbonyl (C=O) groups excluding carboxylic acids is 1. The normalized spacial score (nSPS) is 21.9. The van der Waals surface area contributed by atoms with E-state index in [0.29, 0.717) is 13.2 Å².